The first-order valence-corrected chi connectivity index (χ1v) is 46.3. The van der Waals surface area contributed by atoms with Crippen molar-refractivity contribution in [2.45, 2.75) is 52.2 Å². The molecule has 0 aliphatic heterocycles. The normalized spacial score (nSPS) is 14.6. The van der Waals surface area contributed by atoms with Gasteiger partial charge < -0.3 is 72.9 Å². The Labute approximate surface area is 800 Å². The molecule has 20 rings (SSSR count). The van der Waals surface area contributed by atoms with Gasteiger partial charge >= 0.3 is 11.9 Å². The van der Waals surface area contributed by atoms with Gasteiger partial charge in [0.25, 0.3) is 0 Å². The number of hydrogen-bond acceptors (Lipinski definition) is 17. The smallest absolute Gasteiger partial charge is 0.330 e. The van der Waals surface area contributed by atoms with Crippen molar-refractivity contribution in [2.75, 3.05) is 66.1 Å². The van der Waals surface area contributed by atoms with E-state index in [1.807, 2.05) is 121 Å². The fourth-order valence-electron chi connectivity index (χ4n) is 20.8. The van der Waals surface area contributed by atoms with E-state index >= 15 is 0 Å². The van der Waals surface area contributed by atoms with Gasteiger partial charge in [0.05, 0.1) is 21.7 Å². The largest absolute Gasteiger partial charge is 0.491 e. The van der Waals surface area contributed by atoms with Gasteiger partial charge in [0.2, 0.25) is 0 Å². The molecule has 0 saturated heterocycles. The third kappa shape index (κ3) is 16.8. The average Bonchev–Trinajstić information content (AvgIpc) is 1.54. The summed E-state index contributed by atoms with van der Waals surface area (Å²) in [7, 11) is 0. The fraction of sp³-hybridized carbons (Fsp3) is 0.157. The summed E-state index contributed by atoms with van der Waals surface area (Å²) >= 11 is 0. The van der Waals surface area contributed by atoms with E-state index in [0.717, 1.165) is 146 Å². The molecule has 17 heteroatoms. The lowest BCUT2D eigenvalue weighted by Crippen LogP contribution is -2.29. The lowest BCUT2D eigenvalue weighted by atomic mass is 9.68. The van der Waals surface area contributed by atoms with Gasteiger partial charge in [-0.2, -0.15) is 0 Å². The zero-order valence-corrected chi connectivity index (χ0v) is 75.6. The number of carbonyl (C=O) groups excluding carboxylic acids is 2. The highest BCUT2D eigenvalue weighted by Crippen LogP contribution is 2.61. The highest BCUT2D eigenvalue weighted by Gasteiger charge is 2.51. The lowest BCUT2D eigenvalue weighted by Gasteiger charge is -2.34. The number of esters is 2. The van der Waals surface area contributed by atoms with Crippen LogP contribution in [-0.2, 0) is 40.7 Å². The summed E-state index contributed by atoms with van der Waals surface area (Å²) in [6.45, 7) is 6.09. The summed E-state index contributed by atoms with van der Waals surface area (Å²) in [5.74, 6) is 3.36. The SMILES string of the molecule is C=CC(=O)OCC(O)COc1ccc(C2(c3ccc(OCC(O)COc4ccc(C5(c6ccc(OCC(O)COc7ccc(C8(c9ccc(OCC(O)COc%10ccc(C%11(c%12ccc(OCC(O)COC(=O)C=C)cc%12)c%12ccccc%12-c%12ccccc%12%11)cc%10)cc9)c9ccccc9-c9ccccc98)cc7)cc6)c6ccccc6-c6ccccc65)cc4)cc3)c3ccccc3-c3ccccc32)cc1. The summed E-state index contributed by atoms with van der Waals surface area (Å²) in [5, 5.41) is 55.4. The third-order valence-electron chi connectivity index (χ3n) is 26.8. The Morgan fingerprint density at radius 2 is 0.319 bits per heavy atom. The van der Waals surface area contributed by atoms with Crippen LogP contribution in [0.15, 0.2) is 414 Å². The van der Waals surface area contributed by atoms with Crippen LogP contribution in [0.2, 0.25) is 0 Å². The van der Waals surface area contributed by atoms with Crippen molar-refractivity contribution in [1.82, 2.24) is 0 Å². The predicted octanol–water partition coefficient (Wildman–Crippen LogP) is 20.5. The number of fused-ring (bicyclic) bond motifs is 12. The molecule has 0 fully saturated rings. The van der Waals surface area contributed by atoms with Crippen molar-refractivity contribution in [1.29, 1.82) is 0 Å². The topological polar surface area (TPSA) is 228 Å². The van der Waals surface area contributed by atoms with E-state index in [4.69, 9.17) is 47.4 Å². The molecule has 0 amide bonds. The number of ether oxygens (including phenoxy) is 10. The Kier molecular flexibility index (Phi) is 25.6. The van der Waals surface area contributed by atoms with E-state index in [1.165, 1.54) is 0 Å². The van der Waals surface area contributed by atoms with Crippen molar-refractivity contribution >= 4 is 11.9 Å². The number of hydrogen-bond donors (Lipinski definition) is 5. The van der Waals surface area contributed by atoms with Crippen LogP contribution in [0.25, 0.3) is 44.5 Å². The molecule has 5 N–H and O–H groups in total. The Hall–Kier alpha value is -15.9. The van der Waals surface area contributed by atoms with E-state index in [0.29, 0.717) is 46.0 Å². The Bertz CT molecular complexity index is 6470. The predicted molar refractivity (Wildman–Crippen MR) is 531 cm³/mol. The van der Waals surface area contributed by atoms with E-state index in [9.17, 15) is 35.1 Å². The lowest BCUT2D eigenvalue weighted by molar-refractivity contribution is -0.142. The van der Waals surface area contributed by atoms with Gasteiger partial charge in [-0.3, -0.25) is 0 Å². The maximum atomic E-state index is 11.6. The molecule has 0 spiro atoms. The van der Waals surface area contributed by atoms with E-state index in [-0.39, 0.29) is 66.1 Å². The second-order valence-corrected chi connectivity index (χ2v) is 35.0. The molecule has 0 aromatic heterocycles. The van der Waals surface area contributed by atoms with E-state index in [1.54, 1.807) is 0 Å². The first-order chi connectivity index (χ1) is 67.7. The zero-order valence-electron chi connectivity index (χ0n) is 75.6. The zero-order chi connectivity index (χ0) is 94.3. The highest BCUT2D eigenvalue weighted by atomic mass is 16.6. The molecule has 0 radical (unpaired) electrons. The first-order valence-electron chi connectivity index (χ1n) is 46.3. The first kappa shape index (κ1) is 90.0. The van der Waals surface area contributed by atoms with Gasteiger partial charge in [0, 0.05) is 12.2 Å². The molecule has 0 heterocycles. The van der Waals surface area contributed by atoms with Crippen LogP contribution >= 0.6 is 0 Å². The molecule has 686 valence electrons. The summed E-state index contributed by atoms with van der Waals surface area (Å²) in [5.41, 5.74) is 23.3. The molecule has 4 atom stereocenters. The molecule has 0 bridgehead atoms. The summed E-state index contributed by atoms with van der Waals surface area (Å²) in [6, 6.07) is 132. The van der Waals surface area contributed by atoms with Gasteiger partial charge in [-0.05, 0) is 231 Å². The molecule has 16 aromatic rings. The minimum Gasteiger partial charge on any atom is -0.491 e. The molecule has 138 heavy (non-hydrogen) atoms. The Morgan fingerprint density at radius 3 is 0.449 bits per heavy atom. The Morgan fingerprint density at radius 1 is 0.196 bits per heavy atom. The van der Waals surface area contributed by atoms with Crippen LogP contribution in [0.5, 0.6) is 46.0 Å². The van der Waals surface area contributed by atoms with Gasteiger partial charge in [-0.1, -0.05) is 304 Å². The van der Waals surface area contributed by atoms with Crippen LogP contribution in [0.3, 0.4) is 0 Å². The third-order valence-corrected chi connectivity index (χ3v) is 26.8. The van der Waals surface area contributed by atoms with Gasteiger partial charge in [-0.15, -0.1) is 0 Å². The minimum absolute atomic E-state index is 0.0204. The van der Waals surface area contributed by atoms with Crippen molar-refractivity contribution in [3.63, 3.8) is 0 Å². The maximum Gasteiger partial charge on any atom is 0.330 e. The second-order valence-electron chi connectivity index (χ2n) is 35.0. The van der Waals surface area contributed by atoms with Crippen molar-refractivity contribution in [3.05, 3.63) is 503 Å². The number of aliphatic hydroxyl groups is 5. The highest BCUT2D eigenvalue weighted by molar-refractivity contribution is 5.91. The van der Waals surface area contributed by atoms with Crippen molar-refractivity contribution in [2.24, 2.45) is 0 Å². The standard InChI is InChI=1S/C121H100O17/c1-3-116(127)137-77-90(125)75-135-98-65-49-85(50-66-98)120(112-33-17-9-25-104(112)105-26-10-18-34-113(105)120)83-45-61-96(62-46-83)133-73-88(123)71-131-94-57-41-81(42-58-94)118(108-29-13-5-21-100(108)101-22-6-14-30-109(101)118)79-37-53-92(54-38-79)129-69-87(122)70-130-93-55-39-80(40-56-93)119(110-31-15-7-23-102(110)103-24-8-16-32-111(103)119)82-43-59-95(60-44-82)132-72-89(124)74-134-97-63-47-84(48-64-97)121(114-35-19-11-27-106(114)107-28-12-20-36-115(107)121)86-51-67-99(68-52-86)136-76-91(126)78-138-117(128)4-2/h3-68,87-91,122-126H,1-2,69-78H2. The second kappa shape index (κ2) is 39.2. The fourth-order valence-corrected chi connectivity index (χ4v) is 20.8. The molecule has 16 aromatic carbocycles. The average molecular weight is 1830 g/mol. The quantitative estimate of drug-likeness (QED) is 0.0179. The molecule has 17 nitrogen and oxygen atoms in total. The van der Waals surface area contributed by atoms with Crippen molar-refractivity contribution < 1.29 is 82.5 Å². The Balaban J connectivity index is 0.467. The number of aliphatic hydroxyl groups excluding tert-OH is 5. The van der Waals surface area contributed by atoms with Crippen LogP contribution in [0.1, 0.15) is 89.0 Å². The maximum absolute atomic E-state index is 11.6. The number of benzene rings is 16. The van der Waals surface area contributed by atoms with Crippen LogP contribution < -0.4 is 37.9 Å². The van der Waals surface area contributed by atoms with Gasteiger partial charge in [0.15, 0.2) is 0 Å². The number of carbonyl (C=O) groups is 2. The molecule has 4 unspecified atom stereocenters. The van der Waals surface area contributed by atoms with Crippen LogP contribution in [0, 0.1) is 0 Å². The van der Waals surface area contributed by atoms with Crippen LogP contribution in [0.4, 0.5) is 0 Å². The van der Waals surface area contributed by atoms with Crippen LogP contribution in [-0.4, -0.2) is 134 Å². The van der Waals surface area contributed by atoms with Crippen molar-refractivity contribution in [3.8, 4) is 90.5 Å². The molecule has 4 aliphatic rings. The van der Waals surface area contributed by atoms with Gasteiger partial charge in [0.1, 0.15) is 143 Å². The van der Waals surface area contributed by atoms with E-state index in [2.05, 4.69) is 280 Å². The van der Waals surface area contributed by atoms with E-state index < -0.39 is 64.1 Å². The molecule has 4 aliphatic carbocycles. The summed E-state index contributed by atoms with van der Waals surface area (Å²) in [4.78, 5) is 23.2. The molecular weight excluding hydrogens is 1730 g/mol. The number of rotatable bonds is 38. The monoisotopic (exact) mass is 1820 g/mol. The molecule has 0 saturated carbocycles. The summed E-state index contributed by atoms with van der Waals surface area (Å²) in [6.07, 6.45) is -2.87. The summed E-state index contributed by atoms with van der Waals surface area (Å²) < 4.78 is 59.8. The molecular formula is C121H100O17. The minimum atomic E-state index is -1.03. The van der Waals surface area contributed by atoms with Gasteiger partial charge in [-0.25, -0.2) is 9.59 Å².